The zero-order valence-electron chi connectivity index (χ0n) is 20.8. The summed E-state index contributed by atoms with van der Waals surface area (Å²) in [5.41, 5.74) is 0. The summed E-state index contributed by atoms with van der Waals surface area (Å²) in [6, 6.07) is 53.0. The van der Waals surface area contributed by atoms with Gasteiger partial charge in [0.05, 0.1) is 50.4 Å². The van der Waals surface area contributed by atoms with E-state index in [0.29, 0.717) is 0 Å². The maximum Gasteiger partial charge on any atom is 6.00 e. The third kappa shape index (κ3) is 10.8. The molecule has 0 aliphatic heterocycles. The van der Waals surface area contributed by atoms with Crippen molar-refractivity contribution in [3.8, 4) is 0 Å². The molecule has 176 valence electrons. The minimum Gasteiger partial charge on any atom is -0.358 e. The molecule has 0 saturated heterocycles. The molecule has 0 spiro atoms. The molecule has 0 N–H and O–H groups in total. The van der Waals surface area contributed by atoms with E-state index in [1.165, 1.54) is 21.2 Å². The summed E-state index contributed by atoms with van der Waals surface area (Å²) in [6.45, 7) is 4.69. The monoisotopic (exact) mass is 538 g/mol. The van der Waals surface area contributed by atoms with Crippen molar-refractivity contribution in [1.29, 1.82) is 0 Å². The van der Waals surface area contributed by atoms with Crippen LogP contribution in [0.5, 0.6) is 0 Å². The van der Waals surface area contributed by atoms with Gasteiger partial charge in [0.1, 0.15) is 0 Å². The van der Waals surface area contributed by atoms with Crippen molar-refractivity contribution in [2.45, 2.75) is 0 Å². The van der Waals surface area contributed by atoms with Crippen molar-refractivity contribution in [2.75, 3.05) is 13.3 Å². The van der Waals surface area contributed by atoms with Gasteiger partial charge in [-0.1, -0.05) is 72.8 Å². The van der Waals surface area contributed by atoms with Crippen LogP contribution in [0.15, 0.2) is 152 Å². The second-order valence-electron chi connectivity index (χ2n) is 7.68. The molecule has 0 aliphatic carbocycles. The van der Waals surface area contributed by atoms with Gasteiger partial charge in [-0.2, -0.15) is 18.2 Å². The standard InChI is InChI=1S/2C13H13P.C5H5.CH3.Fe/c2*1-14(12-8-4-2-5-9-12)13-10-6-3-7-11-13;1-2-4-5-3-1;;/h2*2-11H,1H3;1-5H;1H3;/q;;2*-1;+6/p+2. The van der Waals surface area contributed by atoms with Crippen LogP contribution in [0.4, 0.5) is 0 Å². The maximum atomic E-state index is 2.34. The Morgan fingerprint density at radius 3 is 0.800 bits per heavy atom. The molecule has 0 atom stereocenters. The van der Waals surface area contributed by atoms with Crippen LogP contribution in [-0.4, -0.2) is 13.3 Å². The molecule has 35 heavy (non-hydrogen) atoms. The summed E-state index contributed by atoms with van der Waals surface area (Å²) in [5, 5.41) is 5.90. The van der Waals surface area contributed by atoms with Crippen LogP contribution in [0.25, 0.3) is 0 Å². The zero-order chi connectivity index (χ0) is 23.1. The van der Waals surface area contributed by atoms with Gasteiger partial charge in [0, 0.05) is 0 Å². The van der Waals surface area contributed by atoms with E-state index in [9.17, 15) is 0 Å². The molecule has 0 nitrogen and oxygen atoms in total. The molecule has 5 aromatic carbocycles. The van der Waals surface area contributed by atoms with Crippen molar-refractivity contribution in [3.05, 3.63) is 159 Å². The fraction of sp³-hybridized carbons (Fsp3) is 0.0625. The molecule has 0 saturated carbocycles. The number of hydrogen-bond acceptors (Lipinski definition) is 0. The van der Waals surface area contributed by atoms with Gasteiger partial charge in [-0.05, 0) is 48.5 Å². The van der Waals surface area contributed by atoms with Gasteiger partial charge in [0.2, 0.25) is 0 Å². The first-order valence-electron chi connectivity index (χ1n) is 11.3. The SMILES string of the molecule is C[PH+](c1ccccc1)c1ccccc1.C[PH+](c1ccccc1)c1ccccc1.[CH3-].[Fe+6].c1cc[cH-]c1. The van der Waals surface area contributed by atoms with Crippen LogP contribution >= 0.6 is 15.8 Å². The summed E-state index contributed by atoms with van der Waals surface area (Å²) in [4.78, 5) is 0. The van der Waals surface area contributed by atoms with Crippen molar-refractivity contribution >= 4 is 37.1 Å². The molecule has 0 amide bonds. The third-order valence-electron chi connectivity index (χ3n) is 5.38. The fourth-order valence-corrected chi connectivity index (χ4v) is 6.84. The Labute approximate surface area is 225 Å². The maximum absolute atomic E-state index is 2.34. The number of hydrogen-bond donors (Lipinski definition) is 0. The van der Waals surface area contributed by atoms with Crippen molar-refractivity contribution in [3.63, 3.8) is 0 Å². The second-order valence-corrected chi connectivity index (χ2v) is 12.5. The molecule has 5 aromatic rings. The predicted molar refractivity (Wildman–Crippen MR) is 161 cm³/mol. The number of benzene rings is 4. The topological polar surface area (TPSA) is 0 Å². The van der Waals surface area contributed by atoms with Gasteiger partial charge in [0.15, 0.2) is 0 Å². The van der Waals surface area contributed by atoms with E-state index in [4.69, 9.17) is 0 Å². The molecule has 0 radical (unpaired) electrons. The zero-order valence-corrected chi connectivity index (χ0v) is 23.9. The molecule has 0 bridgehead atoms. The van der Waals surface area contributed by atoms with E-state index in [1.807, 2.05) is 30.3 Å². The first-order valence-corrected chi connectivity index (χ1v) is 15.3. The molecule has 0 heterocycles. The van der Waals surface area contributed by atoms with Gasteiger partial charge in [-0.25, -0.2) is 12.1 Å². The molecule has 0 fully saturated rings. The second kappa shape index (κ2) is 18.0. The molecule has 5 rings (SSSR count). The Morgan fingerprint density at radius 1 is 0.400 bits per heavy atom. The van der Waals surface area contributed by atoms with Crippen LogP contribution in [0.1, 0.15) is 0 Å². The quantitative estimate of drug-likeness (QED) is 0.134. The summed E-state index contributed by atoms with van der Waals surface area (Å²) in [5.74, 6) is 0. The van der Waals surface area contributed by atoms with E-state index in [0.717, 1.165) is 0 Å². The van der Waals surface area contributed by atoms with Gasteiger partial charge < -0.3 is 7.43 Å². The third-order valence-corrected chi connectivity index (χ3v) is 10.2. The first-order chi connectivity index (χ1) is 16.3. The molecule has 0 aliphatic rings. The van der Waals surface area contributed by atoms with Crippen molar-refractivity contribution in [1.82, 2.24) is 0 Å². The fourth-order valence-electron chi connectivity index (χ4n) is 3.41. The Bertz CT molecular complexity index is 936. The Hall–Kier alpha value is -2.39. The average molecular weight is 538 g/mol. The molecular weight excluding hydrogens is 502 g/mol. The Morgan fingerprint density at radius 2 is 0.629 bits per heavy atom. The van der Waals surface area contributed by atoms with Crippen LogP contribution in [0, 0.1) is 7.43 Å². The van der Waals surface area contributed by atoms with Crippen LogP contribution < -0.4 is 21.2 Å². The first kappa shape index (κ1) is 30.6. The summed E-state index contributed by atoms with van der Waals surface area (Å²) in [7, 11) is -1.09. The molecule has 0 unspecified atom stereocenters. The van der Waals surface area contributed by atoms with E-state index in [1.54, 1.807) is 0 Å². The van der Waals surface area contributed by atoms with Crippen molar-refractivity contribution in [2.24, 2.45) is 0 Å². The van der Waals surface area contributed by atoms with E-state index in [-0.39, 0.29) is 24.5 Å². The molecule has 3 heteroatoms. The molecular formula is C32H36FeP2+6. The van der Waals surface area contributed by atoms with Crippen LogP contribution in [0.2, 0.25) is 0 Å². The average Bonchev–Trinajstić information content (AvgIpc) is 3.51. The van der Waals surface area contributed by atoms with Gasteiger partial charge in [0.25, 0.3) is 0 Å². The van der Waals surface area contributed by atoms with Gasteiger partial charge in [-0.3, -0.25) is 0 Å². The van der Waals surface area contributed by atoms with Crippen molar-refractivity contribution < 1.29 is 17.1 Å². The van der Waals surface area contributed by atoms with E-state index in [2.05, 4.69) is 135 Å². The van der Waals surface area contributed by atoms with Crippen LogP contribution in [0.3, 0.4) is 0 Å². The largest absolute Gasteiger partial charge is 6.00 e. The van der Waals surface area contributed by atoms with E-state index < -0.39 is 15.8 Å². The summed E-state index contributed by atoms with van der Waals surface area (Å²) < 4.78 is 0. The van der Waals surface area contributed by atoms with E-state index >= 15 is 0 Å². The Kier molecular flexibility index (Phi) is 15.7. The summed E-state index contributed by atoms with van der Waals surface area (Å²) >= 11 is 0. The minimum absolute atomic E-state index is 0. The normalized spacial score (nSPS) is 9.49. The van der Waals surface area contributed by atoms with Crippen LogP contribution in [-0.2, 0) is 17.1 Å². The number of rotatable bonds is 4. The smallest absolute Gasteiger partial charge is 0.358 e. The predicted octanol–water partition coefficient (Wildman–Crippen LogP) is 6.82. The minimum atomic E-state index is -0.545. The molecule has 0 aromatic heterocycles. The van der Waals surface area contributed by atoms with Gasteiger partial charge >= 0.3 is 17.1 Å². The Balaban J connectivity index is 0.000000279. The van der Waals surface area contributed by atoms with Gasteiger partial charge in [-0.15, -0.1) is 0 Å². The summed E-state index contributed by atoms with van der Waals surface area (Å²) in [6.07, 6.45) is 0.